The van der Waals surface area contributed by atoms with Crippen molar-refractivity contribution < 1.29 is 8.78 Å². The number of rotatable bonds is 5. The normalized spacial score (nSPS) is 12.4. The minimum Gasteiger partial charge on any atom is -0.207 e. The van der Waals surface area contributed by atoms with E-state index in [1.54, 1.807) is 0 Å². The predicted octanol–water partition coefficient (Wildman–Crippen LogP) is 5.74. The number of hydrogen-bond donors (Lipinski definition) is 0. The van der Waals surface area contributed by atoms with Crippen LogP contribution in [0.2, 0.25) is 5.02 Å². The molecule has 3 heteroatoms. The fraction of sp³-hybridized carbons (Fsp3) is 0.294. The van der Waals surface area contributed by atoms with E-state index in [9.17, 15) is 8.78 Å². The van der Waals surface area contributed by atoms with Gasteiger partial charge in [-0.3, -0.25) is 0 Å². The van der Waals surface area contributed by atoms with Gasteiger partial charge in [0.15, 0.2) is 0 Å². The predicted molar refractivity (Wildman–Crippen MR) is 79.2 cm³/mol. The van der Waals surface area contributed by atoms with Crippen LogP contribution in [0, 0.1) is 11.6 Å². The van der Waals surface area contributed by atoms with Gasteiger partial charge in [-0.2, -0.15) is 0 Å². The molecule has 1 atom stereocenters. The van der Waals surface area contributed by atoms with Crippen LogP contribution in [0.1, 0.15) is 36.8 Å². The van der Waals surface area contributed by atoms with Crippen molar-refractivity contribution in [2.45, 2.75) is 32.1 Å². The average Bonchev–Trinajstić information content (AvgIpc) is 2.40. The van der Waals surface area contributed by atoms with Crippen LogP contribution in [-0.4, -0.2) is 0 Å². The van der Waals surface area contributed by atoms with E-state index in [4.69, 9.17) is 11.6 Å². The molecule has 2 rings (SSSR count). The molecule has 0 saturated heterocycles. The Kier molecular flexibility index (Phi) is 5.13. The number of benzene rings is 2. The topological polar surface area (TPSA) is 0 Å². The molecule has 2 aromatic rings. The van der Waals surface area contributed by atoms with Crippen LogP contribution < -0.4 is 0 Å². The van der Waals surface area contributed by atoms with E-state index in [0.29, 0.717) is 5.56 Å². The van der Waals surface area contributed by atoms with Crippen LogP contribution in [-0.2, 0) is 6.42 Å². The molecule has 0 aliphatic carbocycles. The van der Waals surface area contributed by atoms with Crippen molar-refractivity contribution >= 4 is 11.6 Å². The van der Waals surface area contributed by atoms with Gasteiger partial charge in [-0.25, -0.2) is 8.78 Å². The number of aryl methyl sites for hydroxylation is 1. The SMILES string of the molecule is CC(CCCc1ccccc1Cl)c1ccc(F)cc1F. The molecule has 0 N–H and O–H groups in total. The lowest BCUT2D eigenvalue weighted by Gasteiger charge is -2.13. The summed E-state index contributed by atoms with van der Waals surface area (Å²) < 4.78 is 26.5. The summed E-state index contributed by atoms with van der Waals surface area (Å²) in [6.45, 7) is 1.96. The van der Waals surface area contributed by atoms with E-state index < -0.39 is 11.6 Å². The first-order chi connectivity index (χ1) is 9.58. The molecule has 0 nitrogen and oxygen atoms in total. The quantitative estimate of drug-likeness (QED) is 0.659. The van der Waals surface area contributed by atoms with Crippen molar-refractivity contribution in [2.24, 2.45) is 0 Å². The summed E-state index contributed by atoms with van der Waals surface area (Å²) in [5.74, 6) is -0.928. The van der Waals surface area contributed by atoms with E-state index in [1.807, 2.05) is 31.2 Å². The fourth-order valence-electron chi connectivity index (χ4n) is 2.36. The summed E-state index contributed by atoms with van der Waals surface area (Å²) in [7, 11) is 0. The molecular weight excluding hydrogens is 278 g/mol. The molecule has 0 spiro atoms. The number of halogens is 3. The van der Waals surface area contributed by atoms with Gasteiger partial charge in [-0.15, -0.1) is 0 Å². The summed E-state index contributed by atoms with van der Waals surface area (Å²) in [5.41, 5.74) is 1.69. The average molecular weight is 295 g/mol. The standard InChI is InChI=1S/C17H17ClF2/c1-12(15-10-9-14(19)11-17(15)20)5-4-7-13-6-2-3-8-16(13)18/h2-3,6,8-12H,4-5,7H2,1H3. The molecule has 0 radical (unpaired) electrons. The van der Waals surface area contributed by atoms with Gasteiger partial charge < -0.3 is 0 Å². The Hall–Kier alpha value is -1.41. The van der Waals surface area contributed by atoms with Crippen molar-refractivity contribution in [3.63, 3.8) is 0 Å². The van der Waals surface area contributed by atoms with Gasteiger partial charge in [-0.1, -0.05) is 42.8 Å². The molecule has 0 aliphatic rings. The Labute approximate surface area is 123 Å². The van der Waals surface area contributed by atoms with Crippen molar-refractivity contribution in [2.75, 3.05) is 0 Å². The molecule has 0 aromatic heterocycles. The van der Waals surface area contributed by atoms with Gasteiger partial charge in [-0.05, 0) is 48.4 Å². The minimum atomic E-state index is -0.533. The molecular formula is C17H17ClF2. The zero-order valence-electron chi connectivity index (χ0n) is 11.4. The highest BCUT2D eigenvalue weighted by Crippen LogP contribution is 2.25. The smallest absolute Gasteiger partial charge is 0.129 e. The summed E-state index contributed by atoms with van der Waals surface area (Å²) in [6, 6.07) is 11.5. The van der Waals surface area contributed by atoms with Crippen molar-refractivity contribution in [3.8, 4) is 0 Å². The number of hydrogen-bond acceptors (Lipinski definition) is 0. The lowest BCUT2D eigenvalue weighted by molar-refractivity contribution is 0.544. The summed E-state index contributed by atoms with van der Waals surface area (Å²) >= 11 is 6.10. The maximum absolute atomic E-state index is 13.7. The molecule has 0 saturated carbocycles. The van der Waals surface area contributed by atoms with Crippen LogP contribution in [0.25, 0.3) is 0 Å². The van der Waals surface area contributed by atoms with Crippen molar-refractivity contribution in [1.82, 2.24) is 0 Å². The Morgan fingerprint density at radius 1 is 1.10 bits per heavy atom. The second-order valence-corrected chi connectivity index (χ2v) is 5.46. The second-order valence-electron chi connectivity index (χ2n) is 5.05. The van der Waals surface area contributed by atoms with Crippen LogP contribution in [0.3, 0.4) is 0 Å². The van der Waals surface area contributed by atoms with E-state index in [1.165, 1.54) is 12.1 Å². The first kappa shape index (κ1) is 15.0. The zero-order chi connectivity index (χ0) is 14.5. The van der Waals surface area contributed by atoms with Gasteiger partial charge in [0, 0.05) is 11.1 Å². The summed E-state index contributed by atoms with van der Waals surface area (Å²) in [4.78, 5) is 0. The maximum atomic E-state index is 13.7. The molecule has 106 valence electrons. The van der Waals surface area contributed by atoms with E-state index in [0.717, 1.165) is 35.9 Å². The molecule has 0 fully saturated rings. The van der Waals surface area contributed by atoms with E-state index in [2.05, 4.69) is 0 Å². The van der Waals surface area contributed by atoms with Crippen LogP contribution in [0.15, 0.2) is 42.5 Å². The lowest BCUT2D eigenvalue weighted by atomic mass is 9.94. The van der Waals surface area contributed by atoms with Crippen LogP contribution in [0.4, 0.5) is 8.78 Å². The lowest BCUT2D eigenvalue weighted by Crippen LogP contribution is -1.99. The van der Waals surface area contributed by atoms with E-state index in [-0.39, 0.29) is 5.92 Å². The third-order valence-corrected chi connectivity index (χ3v) is 3.90. The molecule has 1 unspecified atom stereocenters. The monoisotopic (exact) mass is 294 g/mol. The summed E-state index contributed by atoms with van der Waals surface area (Å²) in [6.07, 6.45) is 2.63. The first-order valence-electron chi connectivity index (χ1n) is 6.76. The molecule has 0 heterocycles. The zero-order valence-corrected chi connectivity index (χ0v) is 12.1. The van der Waals surface area contributed by atoms with Gasteiger partial charge in [0.2, 0.25) is 0 Å². The molecule has 0 aliphatic heterocycles. The first-order valence-corrected chi connectivity index (χ1v) is 7.14. The largest absolute Gasteiger partial charge is 0.207 e. The third-order valence-electron chi connectivity index (χ3n) is 3.53. The molecule has 20 heavy (non-hydrogen) atoms. The Morgan fingerprint density at radius 3 is 2.55 bits per heavy atom. The Bertz CT molecular complexity index is 581. The maximum Gasteiger partial charge on any atom is 0.129 e. The van der Waals surface area contributed by atoms with E-state index >= 15 is 0 Å². The fourth-order valence-corrected chi connectivity index (χ4v) is 2.59. The Balaban J connectivity index is 1.92. The van der Waals surface area contributed by atoms with Gasteiger partial charge in [0.05, 0.1) is 0 Å². The molecule has 0 bridgehead atoms. The highest BCUT2D eigenvalue weighted by molar-refractivity contribution is 6.31. The second kappa shape index (κ2) is 6.85. The van der Waals surface area contributed by atoms with Gasteiger partial charge in [0.25, 0.3) is 0 Å². The molecule has 0 amide bonds. The highest BCUT2D eigenvalue weighted by Gasteiger charge is 2.11. The summed E-state index contributed by atoms with van der Waals surface area (Å²) in [5, 5.41) is 0.771. The van der Waals surface area contributed by atoms with Gasteiger partial charge in [0.1, 0.15) is 11.6 Å². The van der Waals surface area contributed by atoms with Crippen molar-refractivity contribution in [1.29, 1.82) is 0 Å². The third kappa shape index (κ3) is 3.80. The minimum absolute atomic E-state index is 0.0677. The van der Waals surface area contributed by atoms with Gasteiger partial charge >= 0.3 is 0 Å². The van der Waals surface area contributed by atoms with Crippen LogP contribution >= 0.6 is 11.6 Å². The Morgan fingerprint density at radius 2 is 1.85 bits per heavy atom. The van der Waals surface area contributed by atoms with Crippen molar-refractivity contribution in [3.05, 3.63) is 70.2 Å². The van der Waals surface area contributed by atoms with Crippen LogP contribution in [0.5, 0.6) is 0 Å². The molecule has 2 aromatic carbocycles. The highest BCUT2D eigenvalue weighted by atomic mass is 35.5.